The molecule has 4 heteroatoms. The molecular weight excluding hydrogens is 295 g/mol. The van der Waals surface area contributed by atoms with Crippen LogP contribution in [-0.2, 0) is 9.53 Å². The Labute approximate surface area is 137 Å². The summed E-state index contributed by atoms with van der Waals surface area (Å²) in [4.78, 5) is 11.1. The fourth-order valence-electron chi connectivity index (χ4n) is 2.42. The van der Waals surface area contributed by atoms with Crippen LogP contribution in [0.3, 0.4) is 0 Å². The average Bonchev–Trinajstić information content (AvgIpc) is 2.43. The highest BCUT2D eigenvalue weighted by Crippen LogP contribution is 2.17. The Balaban J connectivity index is 3.13. The first-order valence-corrected chi connectivity index (χ1v) is 12.0. The maximum absolute atomic E-state index is 13.4. The van der Waals surface area contributed by atoms with E-state index in [-0.39, 0.29) is 5.97 Å². The van der Waals surface area contributed by atoms with Crippen LogP contribution in [-0.4, -0.2) is 21.0 Å². The van der Waals surface area contributed by atoms with Crippen molar-refractivity contribution in [3.05, 3.63) is 12.2 Å². The van der Waals surface area contributed by atoms with Crippen LogP contribution in [0.2, 0.25) is 19.1 Å². The van der Waals surface area contributed by atoms with Crippen molar-refractivity contribution in [1.29, 1.82) is 0 Å². The lowest BCUT2D eigenvalue weighted by atomic mass is 10.1. The van der Waals surface area contributed by atoms with Crippen LogP contribution in [0.25, 0.3) is 0 Å². The first kappa shape index (κ1) is 21.4. The predicted octanol–water partition coefficient (Wildman–Crippen LogP) is 6.18. The summed E-state index contributed by atoms with van der Waals surface area (Å²) in [5.41, 5.74) is 0. The number of allylic oxidation sites excluding steroid dienone is 1. The molecule has 0 atom stereocenters. The van der Waals surface area contributed by atoms with Gasteiger partial charge in [0.2, 0.25) is 8.41 Å². The number of unbranched alkanes of at least 4 members (excludes halogenated alkanes) is 9. The third kappa shape index (κ3) is 17.4. The molecule has 0 aromatic heterocycles. The van der Waals surface area contributed by atoms with E-state index in [2.05, 4.69) is 0 Å². The molecule has 0 aliphatic carbocycles. The van der Waals surface area contributed by atoms with E-state index in [4.69, 9.17) is 4.74 Å². The Morgan fingerprint density at radius 1 is 0.909 bits per heavy atom. The summed E-state index contributed by atoms with van der Waals surface area (Å²) in [5.74, 6) is -0.235. The van der Waals surface area contributed by atoms with E-state index in [0.29, 0.717) is 6.61 Å². The van der Waals surface area contributed by atoms with E-state index in [1.54, 1.807) is 19.2 Å². The van der Waals surface area contributed by atoms with Gasteiger partial charge in [-0.25, -0.2) is 4.79 Å². The molecule has 0 aliphatic rings. The second kappa shape index (κ2) is 14.0. The fraction of sp³-hybridized carbons (Fsp3) is 0.833. The number of ether oxygens (including phenoxy) is 1. The third-order valence-corrected chi connectivity index (χ3v) is 5.26. The van der Waals surface area contributed by atoms with E-state index in [1.165, 1.54) is 51.0 Å². The SMILES string of the molecule is CC=CC(=O)OCCCCCCCCCCCC[Si](C)(C)F. The monoisotopic (exact) mass is 330 g/mol. The smallest absolute Gasteiger partial charge is 0.330 e. The Bertz CT molecular complexity index is 298. The quantitative estimate of drug-likeness (QED) is 0.125. The van der Waals surface area contributed by atoms with Gasteiger partial charge in [-0.3, -0.25) is 0 Å². The second-order valence-electron chi connectivity index (χ2n) is 6.67. The van der Waals surface area contributed by atoms with Crippen molar-refractivity contribution in [3.8, 4) is 0 Å². The Hall–Kier alpha value is -0.643. The Kier molecular flexibility index (Phi) is 13.6. The molecule has 0 heterocycles. The minimum Gasteiger partial charge on any atom is -0.463 e. The molecule has 0 spiro atoms. The van der Waals surface area contributed by atoms with Gasteiger partial charge in [0.15, 0.2) is 0 Å². The molecule has 0 amide bonds. The van der Waals surface area contributed by atoms with Gasteiger partial charge in [-0.05, 0) is 32.5 Å². The number of hydrogen-bond donors (Lipinski definition) is 0. The molecule has 22 heavy (non-hydrogen) atoms. The van der Waals surface area contributed by atoms with Crippen molar-refractivity contribution < 1.29 is 13.6 Å². The van der Waals surface area contributed by atoms with Gasteiger partial charge < -0.3 is 8.84 Å². The van der Waals surface area contributed by atoms with E-state index in [0.717, 1.165) is 25.3 Å². The van der Waals surface area contributed by atoms with Gasteiger partial charge in [0, 0.05) is 6.08 Å². The first-order valence-electron chi connectivity index (χ1n) is 8.94. The highest BCUT2D eigenvalue weighted by molar-refractivity contribution is 6.70. The van der Waals surface area contributed by atoms with Crippen LogP contribution < -0.4 is 0 Å². The van der Waals surface area contributed by atoms with Crippen LogP contribution in [0, 0.1) is 0 Å². The summed E-state index contributed by atoms with van der Waals surface area (Å²) in [6.45, 7) is 5.95. The van der Waals surface area contributed by atoms with Crippen molar-refractivity contribution in [3.63, 3.8) is 0 Å². The third-order valence-electron chi connectivity index (χ3n) is 3.71. The zero-order chi connectivity index (χ0) is 16.7. The van der Waals surface area contributed by atoms with Gasteiger partial charge in [-0.1, -0.05) is 63.9 Å². The van der Waals surface area contributed by atoms with Crippen LogP contribution in [0.15, 0.2) is 12.2 Å². The number of carbonyl (C=O) groups is 1. The van der Waals surface area contributed by atoms with Crippen molar-refractivity contribution in [1.82, 2.24) is 0 Å². The topological polar surface area (TPSA) is 26.3 Å². The summed E-state index contributed by atoms with van der Waals surface area (Å²) < 4.78 is 18.4. The Morgan fingerprint density at radius 3 is 1.82 bits per heavy atom. The zero-order valence-electron chi connectivity index (χ0n) is 14.8. The molecule has 0 saturated heterocycles. The summed E-state index contributed by atoms with van der Waals surface area (Å²) in [6, 6.07) is 0.825. The number of carbonyl (C=O) groups excluding carboxylic acids is 1. The largest absolute Gasteiger partial charge is 0.463 e. The van der Waals surface area contributed by atoms with E-state index >= 15 is 0 Å². The first-order chi connectivity index (χ1) is 10.5. The minimum absolute atomic E-state index is 0.235. The van der Waals surface area contributed by atoms with E-state index in [9.17, 15) is 8.90 Å². The molecule has 0 unspecified atom stereocenters. The van der Waals surface area contributed by atoms with Crippen molar-refractivity contribution in [2.75, 3.05) is 6.61 Å². The highest BCUT2D eigenvalue weighted by atomic mass is 28.4. The van der Waals surface area contributed by atoms with E-state index in [1.807, 2.05) is 6.92 Å². The number of halogens is 1. The number of esters is 1. The summed E-state index contributed by atoms with van der Waals surface area (Å²) >= 11 is 0. The predicted molar refractivity (Wildman–Crippen MR) is 95.3 cm³/mol. The van der Waals surface area contributed by atoms with Gasteiger partial charge in [-0.15, -0.1) is 0 Å². The van der Waals surface area contributed by atoms with Gasteiger partial charge in [0.25, 0.3) is 0 Å². The van der Waals surface area contributed by atoms with Crippen LogP contribution in [0.4, 0.5) is 4.11 Å². The molecule has 0 aliphatic heterocycles. The number of hydrogen-bond acceptors (Lipinski definition) is 2. The lowest BCUT2D eigenvalue weighted by Gasteiger charge is -2.09. The molecule has 0 N–H and O–H groups in total. The summed E-state index contributed by atoms with van der Waals surface area (Å²) in [6.07, 6.45) is 15.1. The highest BCUT2D eigenvalue weighted by Gasteiger charge is 2.18. The van der Waals surface area contributed by atoms with Gasteiger partial charge in [-0.2, -0.15) is 0 Å². The molecule has 0 rings (SSSR count). The van der Waals surface area contributed by atoms with Crippen LogP contribution in [0.5, 0.6) is 0 Å². The normalized spacial score (nSPS) is 12.0. The average molecular weight is 331 g/mol. The Morgan fingerprint density at radius 2 is 1.36 bits per heavy atom. The van der Waals surface area contributed by atoms with Crippen molar-refractivity contribution in [2.45, 2.75) is 90.3 Å². The molecule has 0 aromatic rings. The van der Waals surface area contributed by atoms with Crippen LogP contribution >= 0.6 is 0 Å². The molecule has 0 radical (unpaired) electrons. The standard InChI is InChI=1S/C18H35FO2Si/c1-4-15-18(20)21-16-13-11-9-7-5-6-8-10-12-14-17-22(2,3)19/h4,15H,5-14,16-17H2,1-3H3. The fourth-order valence-corrected chi connectivity index (χ4v) is 3.51. The van der Waals surface area contributed by atoms with Gasteiger partial charge in [0.1, 0.15) is 0 Å². The molecule has 0 aromatic carbocycles. The zero-order valence-corrected chi connectivity index (χ0v) is 15.8. The molecule has 0 saturated carbocycles. The second-order valence-corrected chi connectivity index (χ2v) is 10.6. The van der Waals surface area contributed by atoms with Crippen LogP contribution in [0.1, 0.15) is 71.1 Å². The molecular formula is C18H35FO2Si. The van der Waals surface area contributed by atoms with Gasteiger partial charge in [0.05, 0.1) is 6.61 Å². The molecule has 0 bridgehead atoms. The summed E-state index contributed by atoms with van der Waals surface area (Å²) in [7, 11) is -2.30. The minimum atomic E-state index is -2.30. The number of rotatable bonds is 14. The van der Waals surface area contributed by atoms with Crippen molar-refractivity contribution >= 4 is 14.4 Å². The maximum atomic E-state index is 13.4. The molecule has 2 nitrogen and oxygen atoms in total. The molecule has 0 fully saturated rings. The van der Waals surface area contributed by atoms with Crippen molar-refractivity contribution in [2.24, 2.45) is 0 Å². The maximum Gasteiger partial charge on any atom is 0.330 e. The lowest BCUT2D eigenvalue weighted by Crippen LogP contribution is -2.16. The lowest BCUT2D eigenvalue weighted by molar-refractivity contribution is -0.137. The van der Waals surface area contributed by atoms with Gasteiger partial charge >= 0.3 is 5.97 Å². The molecule has 130 valence electrons. The summed E-state index contributed by atoms with van der Waals surface area (Å²) in [5, 5.41) is 0. The van der Waals surface area contributed by atoms with E-state index < -0.39 is 8.41 Å².